The Balaban J connectivity index is 0.00000110. The summed E-state index contributed by atoms with van der Waals surface area (Å²) in [6.45, 7) is 8.91. The fourth-order valence-corrected chi connectivity index (χ4v) is 4.49. The molecule has 0 radical (unpaired) electrons. The van der Waals surface area contributed by atoms with Gasteiger partial charge < -0.3 is 31.4 Å². The third kappa shape index (κ3) is 5.52. The number of para-hydroxylation sites is 1. The van der Waals surface area contributed by atoms with Crippen LogP contribution in [0.1, 0.15) is 0 Å². The first-order valence-corrected chi connectivity index (χ1v) is 11.9. The average molecular weight is 675 g/mol. The van der Waals surface area contributed by atoms with E-state index in [1.165, 1.54) is 22.3 Å². The van der Waals surface area contributed by atoms with Crippen molar-refractivity contribution in [2.45, 2.75) is 0 Å². The molecule has 0 aliphatic carbocycles. The van der Waals surface area contributed by atoms with Gasteiger partial charge in [0.05, 0.1) is 0 Å². The molecule has 0 aromatic heterocycles. The first kappa shape index (κ1) is 26.8. The van der Waals surface area contributed by atoms with Crippen molar-refractivity contribution >= 4 is 17.1 Å². The molecule has 6 rings (SSSR count). The second-order valence-corrected chi connectivity index (χ2v) is 8.57. The molecule has 38 heavy (non-hydrogen) atoms. The molecule has 0 unspecified atom stereocenters. The summed E-state index contributed by atoms with van der Waals surface area (Å²) in [7, 11) is 2.02. The van der Waals surface area contributed by atoms with Crippen LogP contribution in [0.15, 0.2) is 122 Å². The van der Waals surface area contributed by atoms with Gasteiger partial charge in [-0.05, 0) is 43.0 Å². The molecule has 0 fully saturated rings. The Hall–Kier alpha value is -4.26. The Morgan fingerprint density at radius 3 is 1.58 bits per heavy atom. The number of hydrogen-bond acceptors (Lipinski definition) is 5. The van der Waals surface area contributed by atoms with Gasteiger partial charge in [-0.15, -0.1) is 36.2 Å². The van der Waals surface area contributed by atoms with Gasteiger partial charge in [0.15, 0.2) is 0 Å². The maximum absolute atomic E-state index is 6.25. The SMILES string of the molecule is CN1C=CN(c2[c-]c(N3C=CN(c4c(-c5ccccc5)cccc4-c4ccccc4)[CH-]3)ccc2)[CH-]1.[C-]#N.[Pt+4]. The smallest absolute Gasteiger partial charge is 0.512 e. The largest absolute Gasteiger partial charge is 4.00 e. The predicted octanol–water partition coefficient (Wildman–Crippen LogP) is 7.17. The number of anilines is 3. The molecule has 0 N–H and O–H groups in total. The van der Waals surface area contributed by atoms with Crippen LogP contribution in [-0.4, -0.2) is 11.9 Å². The minimum atomic E-state index is 0. The third-order valence-electron chi connectivity index (χ3n) is 6.19. The van der Waals surface area contributed by atoms with Gasteiger partial charge in [0.25, 0.3) is 0 Å². The molecule has 2 heterocycles. The normalized spacial score (nSPS) is 13.8. The molecule has 188 valence electrons. The van der Waals surface area contributed by atoms with Crippen molar-refractivity contribution in [2.75, 3.05) is 21.7 Å². The molecule has 4 aromatic carbocycles. The topological polar surface area (TPSA) is 36.8 Å². The quantitative estimate of drug-likeness (QED) is 0.210. The maximum atomic E-state index is 6.25. The number of rotatable bonds is 5. The third-order valence-corrected chi connectivity index (χ3v) is 6.19. The standard InChI is InChI=1S/C31H25N4.CN.Pt/c1-32-18-19-33(23-32)27-14-8-15-28(22-27)34-20-21-35(24-34)31-29(25-10-4-2-5-11-25)16-9-17-30(31)26-12-6-3-7-13-26;1-2;/h2-21,23-24H,1H3;;/q-3;-1;+4. The number of nitrogens with zero attached hydrogens (tertiary/aromatic N) is 5. The summed E-state index contributed by atoms with van der Waals surface area (Å²) in [5.41, 5.74) is 7.88. The van der Waals surface area contributed by atoms with Gasteiger partial charge in [0.2, 0.25) is 0 Å². The molecule has 0 atom stereocenters. The van der Waals surface area contributed by atoms with Gasteiger partial charge >= 0.3 is 21.1 Å². The van der Waals surface area contributed by atoms with Crippen LogP contribution in [0.5, 0.6) is 0 Å². The van der Waals surface area contributed by atoms with Gasteiger partial charge in [0, 0.05) is 16.8 Å². The van der Waals surface area contributed by atoms with Gasteiger partial charge in [-0.2, -0.15) is 12.7 Å². The summed E-state index contributed by atoms with van der Waals surface area (Å²) in [5.74, 6) is 0. The van der Waals surface area contributed by atoms with Crippen molar-refractivity contribution < 1.29 is 21.1 Å². The van der Waals surface area contributed by atoms with E-state index in [1.807, 2.05) is 31.0 Å². The summed E-state index contributed by atoms with van der Waals surface area (Å²) in [6.07, 6.45) is 8.26. The molecule has 2 aliphatic heterocycles. The zero-order valence-electron chi connectivity index (χ0n) is 20.8. The van der Waals surface area contributed by atoms with Crippen LogP contribution >= 0.6 is 0 Å². The van der Waals surface area contributed by atoms with Crippen LogP contribution in [0.4, 0.5) is 17.1 Å². The van der Waals surface area contributed by atoms with Crippen molar-refractivity contribution in [2.24, 2.45) is 0 Å². The van der Waals surface area contributed by atoms with E-state index in [2.05, 4.69) is 137 Å². The Bertz CT molecular complexity index is 1370. The predicted molar refractivity (Wildman–Crippen MR) is 150 cm³/mol. The summed E-state index contributed by atoms with van der Waals surface area (Å²) in [5, 5.41) is 6.25. The molecule has 0 saturated heterocycles. The molecule has 0 saturated carbocycles. The van der Waals surface area contributed by atoms with Crippen LogP contribution in [0, 0.1) is 31.2 Å². The van der Waals surface area contributed by atoms with Gasteiger partial charge in [-0.1, -0.05) is 78.9 Å². The first-order chi connectivity index (χ1) is 18.3. The van der Waals surface area contributed by atoms with Crippen LogP contribution in [-0.2, 0) is 21.1 Å². The van der Waals surface area contributed by atoms with Gasteiger partial charge in [0.1, 0.15) is 0 Å². The minimum Gasteiger partial charge on any atom is -0.512 e. The van der Waals surface area contributed by atoms with Crippen LogP contribution in [0.25, 0.3) is 22.3 Å². The second-order valence-electron chi connectivity index (χ2n) is 8.57. The molecule has 4 aromatic rings. The molecule has 0 bridgehead atoms. The average Bonchev–Trinajstić information content (AvgIpc) is 3.64. The van der Waals surface area contributed by atoms with E-state index < -0.39 is 0 Å². The van der Waals surface area contributed by atoms with E-state index in [-0.39, 0.29) is 21.1 Å². The van der Waals surface area contributed by atoms with E-state index in [4.69, 9.17) is 11.8 Å². The molecular weight excluding hydrogens is 649 g/mol. The Morgan fingerprint density at radius 1 is 0.579 bits per heavy atom. The van der Waals surface area contributed by atoms with Crippen molar-refractivity contribution in [3.05, 3.63) is 148 Å². The summed E-state index contributed by atoms with van der Waals surface area (Å²) < 4.78 is 0. The second kappa shape index (κ2) is 12.3. The molecule has 5 nitrogen and oxygen atoms in total. The van der Waals surface area contributed by atoms with E-state index >= 15 is 0 Å². The zero-order valence-corrected chi connectivity index (χ0v) is 23.0. The fraction of sp³-hybridized carbons (Fsp3) is 0.0312. The monoisotopic (exact) mass is 674 g/mol. The van der Waals surface area contributed by atoms with Gasteiger partial charge in [-0.25, -0.2) is 0 Å². The van der Waals surface area contributed by atoms with Crippen LogP contribution in [0.3, 0.4) is 0 Å². The summed E-state index contributed by atoms with van der Waals surface area (Å²) in [6, 6.07) is 37.4. The van der Waals surface area contributed by atoms with E-state index in [1.54, 1.807) is 0 Å². The minimum absolute atomic E-state index is 0. The first-order valence-electron chi connectivity index (χ1n) is 11.9. The van der Waals surface area contributed by atoms with Gasteiger partial charge in [-0.3, -0.25) is 0 Å². The maximum Gasteiger partial charge on any atom is 4.00 e. The Kier molecular flexibility index (Phi) is 8.69. The van der Waals surface area contributed by atoms with E-state index in [0.29, 0.717) is 0 Å². The van der Waals surface area contributed by atoms with E-state index in [0.717, 1.165) is 17.1 Å². The summed E-state index contributed by atoms with van der Waals surface area (Å²) >= 11 is 0. The fourth-order valence-electron chi connectivity index (χ4n) is 4.49. The summed E-state index contributed by atoms with van der Waals surface area (Å²) in [4.78, 5) is 8.42. The molecule has 0 spiro atoms. The zero-order chi connectivity index (χ0) is 25.6. The molecule has 0 amide bonds. The van der Waals surface area contributed by atoms with Crippen molar-refractivity contribution in [1.82, 2.24) is 4.90 Å². The number of benzene rings is 4. The van der Waals surface area contributed by atoms with Crippen molar-refractivity contribution in [1.29, 1.82) is 5.26 Å². The molecule has 6 heteroatoms. The molecular formula is C32H25N5Pt. The van der Waals surface area contributed by atoms with Crippen molar-refractivity contribution in [3.63, 3.8) is 0 Å². The van der Waals surface area contributed by atoms with Crippen molar-refractivity contribution in [3.8, 4) is 22.3 Å². The Morgan fingerprint density at radius 2 is 1.05 bits per heavy atom. The van der Waals surface area contributed by atoms with E-state index in [9.17, 15) is 0 Å². The van der Waals surface area contributed by atoms with Crippen LogP contribution in [0.2, 0.25) is 0 Å². The number of hydrogen-bond donors (Lipinski definition) is 0. The molecule has 2 aliphatic rings. The Labute approximate surface area is 239 Å². The van der Waals surface area contributed by atoms with Crippen LogP contribution < -0.4 is 14.7 Å².